The van der Waals surface area contributed by atoms with E-state index in [2.05, 4.69) is 4.98 Å². The van der Waals surface area contributed by atoms with Crippen LogP contribution >= 0.6 is 11.6 Å². The first-order valence-electron chi connectivity index (χ1n) is 3.52. The van der Waals surface area contributed by atoms with Crippen LogP contribution in [-0.2, 0) is 4.74 Å². The third-order valence-corrected chi connectivity index (χ3v) is 2.00. The van der Waals surface area contributed by atoms with Crippen LogP contribution in [-0.4, -0.2) is 11.6 Å². The summed E-state index contributed by atoms with van der Waals surface area (Å²) >= 11 is 5.87. The fourth-order valence-electron chi connectivity index (χ4n) is 1.00. The zero-order valence-electron chi connectivity index (χ0n) is 6.17. The Kier molecular flexibility index (Phi) is 1.59. The number of hydrogen-bond donors (Lipinski definition) is 0. The quantitative estimate of drug-likeness (QED) is 0.475. The molecule has 0 aliphatic carbocycles. The molecular formula is C8H8ClNO. The maximum Gasteiger partial charge on any atom is 0.135 e. The van der Waals surface area contributed by atoms with E-state index in [4.69, 9.17) is 16.3 Å². The highest BCUT2D eigenvalue weighted by Crippen LogP contribution is 2.33. The molecule has 11 heavy (non-hydrogen) atoms. The summed E-state index contributed by atoms with van der Waals surface area (Å²) in [4.78, 5) is 4.12. The van der Waals surface area contributed by atoms with Crippen molar-refractivity contribution < 1.29 is 4.74 Å². The van der Waals surface area contributed by atoms with Crippen LogP contribution in [0.5, 0.6) is 0 Å². The monoisotopic (exact) mass is 169 g/mol. The summed E-state index contributed by atoms with van der Waals surface area (Å²) in [6.45, 7) is 2.70. The summed E-state index contributed by atoms with van der Waals surface area (Å²) in [7, 11) is 0. The molecule has 2 rings (SSSR count). The van der Waals surface area contributed by atoms with Gasteiger partial charge in [0.2, 0.25) is 0 Å². The van der Waals surface area contributed by atoms with E-state index in [0.717, 1.165) is 17.9 Å². The summed E-state index contributed by atoms with van der Waals surface area (Å²) in [5.41, 5.74) is 1.96. The molecule has 3 heteroatoms. The summed E-state index contributed by atoms with van der Waals surface area (Å²) in [6, 6.07) is 3.92. The Hall–Kier alpha value is -0.600. The second-order valence-corrected chi connectivity index (χ2v) is 3.01. The van der Waals surface area contributed by atoms with Gasteiger partial charge in [0, 0.05) is 11.3 Å². The minimum Gasteiger partial charge on any atom is -0.368 e. The van der Waals surface area contributed by atoms with Crippen LogP contribution in [0.15, 0.2) is 12.1 Å². The molecule has 1 fully saturated rings. The zero-order valence-corrected chi connectivity index (χ0v) is 6.93. The Morgan fingerprint density at radius 1 is 1.64 bits per heavy atom. The van der Waals surface area contributed by atoms with Crippen molar-refractivity contribution in [3.8, 4) is 0 Å². The Morgan fingerprint density at radius 2 is 2.36 bits per heavy atom. The van der Waals surface area contributed by atoms with Crippen molar-refractivity contribution >= 4 is 11.6 Å². The van der Waals surface area contributed by atoms with Crippen molar-refractivity contribution in [1.29, 1.82) is 0 Å². The van der Waals surface area contributed by atoms with Crippen molar-refractivity contribution in [2.45, 2.75) is 13.0 Å². The molecule has 2 nitrogen and oxygen atoms in total. The van der Waals surface area contributed by atoms with Crippen molar-refractivity contribution in [2.75, 3.05) is 6.61 Å². The lowest BCUT2D eigenvalue weighted by Crippen LogP contribution is -1.88. The average molecular weight is 170 g/mol. The van der Waals surface area contributed by atoms with Gasteiger partial charge in [-0.1, -0.05) is 17.7 Å². The molecule has 2 heterocycles. The van der Waals surface area contributed by atoms with Crippen LogP contribution in [0.25, 0.3) is 0 Å². The molecule has 0 amide bonds. The van der Waals surface area contributed by atoms with E-state index in [1.54, 1.807) is 0 Å². The number of rotatable bonds is 1. The van der Waals surface area contributed by atoms with E-state index in [1.165, 1.54) is 0 Å². The number of nitrogens with zero attached hydrogens (tertiary/aromatic N) is 1. The minimum absolute atomic E-state index is 0.204. The Morgan fingerprint density at radius 3 is 2.91 bits per heavy atom. The predicted molar refractivity (Wildman–Crippen MR) is 42.7 cm³/mol. The van der Waals surface area contributed by atoms with Crippen LogP contribution in [0.4, 0.5) is 0 Å². The molecule has 1 saturated heterocycles. The van der Waals surface area contributed by atoms with Crippen LogP contribution < -0.4 is 0 Å². The molecule has 0 spiro atoms. The summed E-state index contributed by atoms with van der Waals surface area (Å²) in [5, 5.41) is 0.576. The lowest BCUT2D eigenvalue weighted by atomic mass is 10.2. The minimum atomic E-state index is 0.204. The van der Waals surface area contributed by atoms with E-state index < -0.39 is 0 Å². The molecule has 1 aliphatic rings. The van der Waals surface area contributed by atoms with E-state index in [-0.39, 0.29) is 6.10 Å². The first-order chi connectivity index (χ1) is 5.27. The van der Waals surface area contributed by atoms with Gasteiger partial charge in [-0.05, 0) is 13.0 Å². The molecule has 0 radical (unpaired) electrons. The van der Waals surface area contributed by atoms with E-state index in [1.807, 2.05) is 19.1 Å². The van der Waals surface area contributed by atoms with Gasteiger partial charge in [0.15, 0.2) is 0 Å². The molecule has 1 aliphatic heterocycles. The lowest BCUT2D eigenvalue weighted by molar-refractivity contribution is 0.415. The van der Waals surface area contributed by atoms with Crippen molar-refractivity contribution in [1.82, 2.24) is 4.98 Å². The van der Waals surface area contributed by atoms with Gasteiger partial charge in [0.05, 0.1) is 6.61 Å². The topological polar surface area (TPSA) is 25.4 Å². The fourth-order valence-corrected chi connectivity index (χ4v) is 1.32. The first-order valence-corrected chi connectivity index (χ1v) is 3.90. The maximum absolute atomic E-state index is 5.87. The van der Waals surface area contributed by atoms with Crippen molar-refractivity contribution in [3.63, 3.8) is 0 Å². The molecule has 58 valence electrons. The molecule has 1 aromatic heterocycles. The first kappa shape index (κ1) is 7.07. The van der Waals surface area contributed by atoms with Crippen molar-refractivity contribution in [2.24, 2.45) is 0 Å². The maximum atomic E-state index is 5.87. The molecular weight excluding hydrogens is 162 g/mol. The highest BCUT2D eigenvalue weighted by atomic mass is 35.5. The van der Waals surface area contributed by atoms with E-state index in [9.17, 15) is 0 Å². The normalized spacial score (nSPS) is 21.8. The average Bonchev–Trinajstić information content (AvgIpc) is 2.70. The Labute approximate surface area is 70.2 Å². The molecule has 0 N–H and O–H groups in total. The van der Waals surface area contributed by atoms with E-state index in [0.29, 0.717) is 5.15 Å². The number of hydrogen-bond acceptors (Lipinski definition) is 2. The number of halogens is 1. The van der Waals surface area contributed by atoms with Gasteiger partial charge in [-0.3, -0.25) is 0 Å². The van der Waals surface area contributed by atoms with Crippen LogP contribution in [0, 0.1) is 6.92 Å². The van der Waals surface area contributed by atoms with Gasteiger partial charge in [-0.25, -0.2) is 4.98 Å². The summed E-state index contributed by atoms with van der Waals surface area (Å²) in [6.07, 6.45) is 0.204. The standard InChI is InChI=1S/C8H8ClNO/c1-5-2-3-6(7-4-11-7)8(9)10-5/h2-3,7H,4H2,1H3/t7-/m1/s1. The van der Waals surface area contributed by atoms with Gasteiger partial charge in [-0.2, -0.15) is 0 Å². The summed E-state index contributed by atoms with van der Waals surface area (Å²) < 4.78 is 5.09. The SMILES string of the molecule is Cc1ccc([C@H]2CO2)c(Cl)n1. The highest BCUT2D eigenvalue weighted by molar-refractivity contribution is 6.30. The van der Waals surface area contributed by atoms with Gasteiger partial charge in [0.25, 0.3) is 0 Å². The number of epoxide rings is 1. The fraction of sp³-hybridized carbons (Fsp3) is 0.375. The number of aryl methyl sites for hydroxylation is 1. The van der Waals surface area contributed by atoms with Crippen LogP contribution in [0.2, 0.25) is 5.15 Å². The Bertz CT molecular complexity index is 283. The molecule has 0 saturated carbocycles. The second-order valence-electron chi connectivity index (χ2n) is 2.65. The molecule has 0 aromatic carbocycles. The number of aromatic nitrogens is 1. The Balaban J connectivity index is 2.39. The lowest BCUT2D eigenvalue weighted by Gasteiger charge is -1.98. The highest BCUT2D eigenvalue weighted by Gasteiger charge is 2.27. The second kappa shape index (κ2) is 2.47. The number of ether oxygens (including phenoxy) is 1. The van der Waals surface area contributed by atoms with Crippen molar-refractivity contribution in [3.05, 3.63) is 28.5 Å². The van der Waals surface area contributed by atoms with Crippen LogP contribution in [0.1, 0.15) is 17.4 Å². The predicted octanol–water partition coefficient (Wildman–Crippen LogP) is 2.11. The molecule has 1 aromatic rings. The molecule has 0 unspecified atom stereocenters. The van der Waals surface area contributed by atoms with Crippen LogP contribution in [0.3, 0.4) is 0 Å². The smallest absolute Gasteiger partial charge is 0.135 e. The third-order valence-electron chi connectivity index (χ3n) is 1.70. The van der Waals surface area contributed by atoms with Gasteiger partial charge in [0.1, 0.15) is 11.3 Å². The molecule has 1 atom stereocenters. The summed E-state index contributed by atoms with van der Waals surface area (Å²) in [5.74, 6) is 0. The number of pyridine rings is 1. The van der Waals surface area contributed by atoms with Gasteiger partial charge in [-0.15, -0.1) is 0 Å². The van der Waals surface area contributed by atoms with Gasteiger partial charge < -0.3 is 4.74 Å². The zero-order chi connectivity index (χ0) is 7.84. The van der Waals surface area contributed by atoms with E-state index >= 15 is 0 Å². The van der Waals surface area contributed by atoms with Gasteiger partial charge >= 0.3 is 0 Å². The molecule has 0 bridgehead atoms. The largest absolute Gasteiger partial charge is 0.368 e. The third kappa shape index (κ3) is 1.37.